The van der Waals surface area contributed by atoms with E-state index in [1.54, 1.807) is 12.1 Å². The van der Waals surface area contributed by atoms with Crippen LogP contribution in [0, 0.1) is 11.3 Å². The summed E-state index contributed by atoms with van der Waals surface area (Å²) >= 11 is 0. The molecule has 0 amide bonds. The van der Waals surface area contributed by atoms with Crippen molar-refractivity contribution < 1.29 is 0 Å². The molecule has 13 heavy (non-hydrogen) atoms. The van der Waals surface area contributed by atoms with Crippen molar-refractivity contribution in [2.75, 3.05) is 5.73 Å². The number of nitrogens with two attached hydrogens (primary N) is 1. The number of nitrogens with zero attached hydrogens (tertiary/aromatic N) is 2. The van der Waals surface area contributed by atoms with Gasteiger partial charge in [0.2, 0.25) is 0 Å². The van der Waals surface area contributed by atoms with Gasteiger partial charge in [-0.3, -0.25) is 0 Å². The summed E-state index contributed by atoms with van der Waals surface area (Å²) in [4.78, 5) is 4.10. The van der Waals surface area contributed by atoms with Crippen molar-refractivity contribution in [2.24, 2.45) is 0 Å². The Balaban J connectivity index is 2.89. The van der Waals surface area contributed by atoms with E-state index < -0.39 is 0 Å². The van der Waals surface area contributed by atoms with E-state index in [2.05, 4.69) is 11.1 Å². The highest BCUT2D eigenvalue weighted by Crippen LogP contribution is 2.16. The maximum absolute atomic E-state index is 8.80. The standard InChI is InChI=1S/C10H7N3/c11-6-8-3-1-2-7-4-5-9(12)13-10(7)8/h1-5H,(H2,12,13). The molecule has 3 heteroatoms. The van der Waals surface area contributed by atoms with Crippen LogP contribution in [-0.2, 0) is 0 Å². The Morgan fingerprint density at radius 1 is 1.23 bits per heavy atom. The minimum Gasteiger partial charge on any atom is -0.384 e. The van der Waals surface area contributed by atoms with Crippen molar-refractivity contribution in [3.8, 4) is 6.07 Å². The third-order valence-electron chi connectivity index (χ3n) is 1.86. The van der Waals surface area contributed by atoms with E-state index in [1.165, 1.54) is 0 Å². The molecule has 0 radical (unpaired) electrons. The highest BCUT2D eigenvalue weighted by molar-refractivity contribution is 5.85. The van der Waals surface area contributed by atoms with Gasteiger partial charge < -0.3 is 5.73 Å². The molecule has 1 aromatic carbocycles. The molecule has 0 unspecified atom stereocenters. The molecule has 2 rings (SSSR count). The fourth-order valence-electron chi connectivity index (χ4n) is 1.25. The molecule has 0 saturated carbocycles. The average molecular weight is 169 g/mol. The Morgan fingerprint density at radius 2 is 2.08 bits per heavy atom. The van der Waals surface area contributed by atoms with Crippen molar-refractivity contribution in [2.45, 2.75) is 0 Å². The molecule has 0 atom stereocenters. The summed E-state index contributed by atoms with van der Waals surface area (Å²) in [6.45, 7) is 0. The lowest BCUT2D eigenvalue weighted by Crippen LogP contribution is -1.91. The normalized spacial score (nSPS) is 9.77. The largest absolute Gasteiger partial charge is 0.384 e. The highest BCUT2D eigenvalue weighted by Gasteiger charge is 2.00. The predicted octanol–water partition coefficient (Wildman–Crippen LogP) is 1.69. The number of aromatic nitrogens is 1. The number of fused-ring (bicyclic) bond motifs is 1. The molecule has 0 bridgehead atoms. The van der Waals surface area contributed by atoms with Gasteiger partial charge in [-0.1, -0.05) is 12.1 Å². The van der Waals surface area contributed by atoms with Crippen molar-refractivity contribution in [3.05, 3.63) is 35.9 Å². The molecule has 0 saturated heterocycles. The first kappa shape index (κ1) is 7.56. The fourth-order valence-corrected chi connectivity index (χ4v) is 1.25. The molecule has 3 nitrogen and oxygen atoms in total. The zero-order chi connectivity index (χ0) is 9.26. The monoisotopic (exact) mass is 169 g/mol. The van der Waals surface area contributed by atoms with Gasteiger partial charge in [-0.15, -0.1) is 0 Å². The Morgan fingerprint density at radius 3 is 2.85 bits per heavy atom. The molecule has 2 aromatic rings. The second kappa shape index (κ2) is 2.76. The third-order valence-corrected chi connectivity index (χ3v) is 1.86. The Labute approximate surface area is 75.4 Å². The van der Waals surface area contributed by atoms with Gasteiger partial charge in [0.1, 0.15) is 11.9 Å². The van der Waals surface area contributed by atoms with Gasteiger partial charge in [0, 0.05) is 5.39 Å². The molecule has 2 N–H and O–H groups in total. The number of hydrogen-bond acceptors (Lipinski definition) is 3. The Bertz CT molecular complexity index is 497. The number of rotatable bonds is 0. The quantitative estimate of drug-likeness (QED) is 0.652. The van der Waals surface area contributed by atoms with Crippen LogP contribution >= 0.6 is 0 Å². The summed E-state index contributed by atoms with van der Waals surface area (Å²) in [6.07, 6.45) is 0. The van der Waals surface area contributed by atoms with Gasteiger partial charge in [-0.05, 0) is 18.2 Å². The van der Waals surface area contributed by atoms with Gasteiger partial charge in [-0.25, -0.2) is 4.98 Å². The zero-order valence-corrected chi connectivity index (χ0v) is 6.86. The minimum atomic E-state index is 0.440. The smallest absolute Gasteiger partial charge is 0.124 e. The molecule has 0 aliphatic carbocycles. The molecule has 1 heterocycles. The van der Waals surface area contributed by atoms with Crippen molar-refractivity contribution in [1.29, 1.82) is 5.26 Å². The van der Waals surface area contributed by atoms with E-state index in [0.29, 0.717) is 16.9 Å². The summed E-state index contributed by atoms with van der Waals surface area (Å²) < 4.78 is 0. The second-order valence-electron chi connectivity index (χ2n) is 2.73. The van der Waals surface area contributed by atoms with Gasteiger partial charge in [0.15, 0.2) is 0 Å². The van der Waals surface area contributed by atoms with Gasteiger partial charge in [-0.2, -0.15) is 5.26 Å². The Hall–Kier alpha value is -2.08. The maximum atomic E-state index is 8.80. The van der Waals surface area contributed by atoms with Crippen LogP contribution in [-0.4, -0.2) is 4.98 Å². The molecule has 62 valence electrons. The van der Waals surface area contributed by atoms with Crippen LogP contribution in [0.5, 0.6) is 0 Å². The lowest BCUT2D eigenvalue weighted by Gasteiger charge is -1.99. The van der Waals surface area contributed by atoms with Crippen LogP contribution in [0.3, 0.4) is 0 Å². The van der Waals surface area contributed by atoms with Crippen LogP contribution in [0.1, 0.15) is 5.56 Å². The van der Waals surface area contributed by atoms with Crippen LogP contribution < -0.4 is 5.73 Å². The molecule has 0 fully saturated rings. The highest BCUT2D eigenvalue weighted by atomic mass is 14.8. The SMILES string of the molecule is N#Cc1cccc2ccc(N)nc12. The number of benzene rings is 1. The first-order chi connectivity index (χ1) is 6.31. The summed E-state index contributed by atoms with van der Waals surface area (Å²) in [7, 11) is 0. The second-order valence-corrected chi connectivity index (χ2v) is 2.73. The summed E-state index contributed by atoms with van der Waals surface area (Å²) in [5.74, 6) is 0.440. The van der Waals surface area contributed by atoms with E-state index in [-0.39, 0.29) is 0 Å². The molecular formula is C10H7N3. The van der Waals surface area contributed by atoms with Crippen molar-refractivity contribution >= 4 is 16.7 Å². The van der Waals surface area contributed by atoms with E-state index >= 15 is 0 Å². The number of nitriles is 1. The number of para-hydroxylation sites is 1. The Kier molecular flexibility index (Phi) is 1.60. The van der Waals surface area contributed by atoms with Crippen LogP contribution in [0.2, 0.25) is 0 Å². The average Bonchev–Trinajstić information content (AvgIpc) is 2.17. The van der Waals surface area contributed by atoms with Crippen LogP contribution in [0.25, 0.3) is 10.9 Å². The van der Waals surface area contributed by atoms with E-state index in [4.69, 9.17) is 11.0 Å². The summed E-state index contributed by atoms with van der Waals surface area (Å²) in [5, 5.41) is 9.73. The third kappa shape index (κ3) is 1.18. The molecule has 0 aliphatic heterocycles. The number of pyridine rings is 1. The van der Waals surface area contributed by atoms with Crippen molar-refractivity contribution in [1.82, 2.24) is 4.98 Å². The molecular weight excluding hydrogens is 162 g/mol. The van der Waals surface area contributed by atoms with Gasteiger partial charge in [0.25, 0.3) is 0 Å². The number of hydrogen-bond donors (Lipinski definition) is 1. The fraction of sp³-hybridized carbons (Fsp3) is 0. The van der Waals surface area contributed by atoms with Crippen molar-refractivity contribution in [3.63, 3.8) is 0 Å². The first-order valence-corrected chi connectivity index (χ1v) is 3.86. The molecule has 0 spiro atoms. The lowest BCUT2D eigenvalue weighted by atomic mass is 10.1. The summed E-state index contributed by atoms with van der Waals surface area (Å²) in [6, 6.07) is 11.1. The zero-order valence-electron chi connectivity index (χ0n) is 6.86. The minimum absolute atomic E-state index is 0.440. The summed E-state index contributed by atoms with van der Waals surface area (Å²) in [5.41, 5.74) is 6.76. The molecule has 1 aromatic heterocycles. The first-order valence-electron chi connectivity index (χ1n) is 3.86. The molecule has 0 aliphatic rings. The van der Waals surface area contributed by atoms with Crippen LogP contribution in [0.4, 0.5) is 5.82 Å². The van der Waals surface area contributed by atoms with E-state index in [9.17, 15) is 0 Å². The maximum Gasteiger partial charge on any atom is 0.124 e. The predicted molar refractivity (Wildman–Crippen MR) is 50.9 cm³/mol. The van der Waals surface area contributed by atoms with E-state index in [1.807, 2.05) is 18.2 Å². The number of nitrogen functional groups attached to an aromatic ring is 1. The topological polar surface area (TPSA) is 62.7 Å². The van der Waals surface area contributed by atoms with E-state index in [0.717, 1.165) is 5.39 Å². The number of anilines is 1. The van der Waals surface area contributed by atoms with Gasteiger partial charge in [0.05, 0.1) is 11.1 Å². The lowest BCUT2D eigenvalue weighted by molar-refractivity contribution is 1.39. The van der Waals surface area contributed by atoms with Gasteiger partial charge >= 0.3 is 0 Å². The van der Waals surface area contributed by atoms with Crippen LogP contribution in [0.15, 0.2) is 30.3 Å².